The standard InChI is InChI=1S/C20H40N4O2S.HI/c1-5-21-19(22-16-20(27-4)8-13-25-14-9-20)23-18-6-10-24(11-7-18)12-15-26-17(2)3;/h17-18H,5-16H2,1-4H3,(H2,21,22,23);1H. The number of guanidine groups is 1. The second-order valence-corrected chi connectivity index (χ2v) is 9.15. The average Bonchev–Trinajstić information content (AvgIpc) is 2.68. The number of hydrogen-bond donors (Lipinski definition) is 2. The SMILES string of the molecule is CCNC(=NCC1(SC)CCOCC1)NC1CCN(CCOC(C)C)CC1.I. The molecule has 0 bridgehead atoms. The van der Waals surface area contributed by atoms with Gasteiger partial charge in [-0.1, -0.05) is 0 Å². The summed E-state index contributed by atoms with van der Waals surface area (Å²) in [5.41, 5.74) is 0. The zero-order valence-electron chi connectivity index (χ0n) is 18.2. The topological polar surface area (TPSA) is 58.1 Å². The highest BCUT2D eigenvalue weighted by Gasteiger charge is 2.31. The molecule has 2 fully saturated rings. The maximum Gasteiger partial charge on any atom is 0.191 e. The first-order valence-electron chi connectivity index (χ1n) is 10.6. The second kappa shape index (κ2) is 14.3. The number of rotatable bonds is 9. The summed E-state index contributed by atoms with van der Waals surface area (Å²) in [4.78, 5) is 7.46. The van der Waals surface area contributed by atoms with Crippen LogP contribution in [-0.2, 0) is 9.47 Å². The summed E-state index contributed by atoms with van der Waals surface area (Å²) in [6.45, 7) is 13.9. The van der Waals surface area contributed by atoms with E-state index in [1.807, 2.05) is 11.8 Å². The molecule has 0 aliphatic carbocycles. The molecule has 2 N–H and O–H groups in total. The fraction of sp³-hybridized carbons (Fsp3) is 0.950. The van der Waals surface area contributed by atoms with Crippen LogP contribution in [0.1, 0.15) is 46.5 Å². The van der Waals surface area contributed by atoms with Gasteiger partial charge in [-0.05, 0) is 52.7 Å². The van der Waals surface area contributed by atoms with Crippen LogP contribution in [0.4, 0.5) is 0 Å². The molecule has 2 aliphatic rings. The number of ether oxygens (including phenoxy) is 2. The first kappa shape index (κ1) is 26.3. The maximum atomic E-state index is 5.68. The molecule has 0 aromatic heterocycles. The Hall–Kier alpha value is 0.230. The number of nitrogens with one attached hydrogen (secondary N) is 2. The minimum absolute atomic E-state index is 0. The van der Waals surface area contributed by atoms with E-state index in [1.54, 1.807) is 0 Å². The highest BCUT2D eigenvalue weighted by molar-refractivity contribution is 14.0. The van der Waals surface area contributed by atoms with E-state index in [0.717, 1.165) is 84.2 Å². The Labute approximate surface area is 193 Å². The predicted molar refractivity (Wildman–Crippen MR) is 131 cm³/mol. The fourth-order valence-electron chi connectivity index (χ4n) is 3.63. The van der Waals surface area contributed by atoms with Crippen molar-refractivity contribution in [2.45, 2.75) is 63.3 Å². The van der Waals surface area contributed by atoms with E-state index >= 15 is 0 Å². The van der Waals surface area contributed by atoms with Crippen molar-refractivity contribution in [3.8, 4) is 0 Å². The Kier molecular flexibility index (Phi) is 13.4. The van der Waals surface area contributed by atoms with Crippen molar-refractivity contribution in [3.63, 3.8) is 0 Å². The Bertz CT molecular complexity index is 440. The summed E-state index contributed by atoms with van der Waals surface area (Å²) >= 11 is 1.95. The van der Waals surface area contributed by atoms with Crippen LogP contribution in [0.5, 0.6) is 0 Å². The van der Waals surface area contributed by atoms with Gasteiger partial charge in [-0.25, -0.2) is 0 Å². The van der Waals surface area contributed by atoms with Crippen LogP contribution in [0.25, 0.3) is 0 Å². The van der Waals surface area contributed by atoms with Gasteiger partial charge >= 0.3 is 0 Å². The minimum atomic E-state index is 0. The van der Waals surface area contributed by atoms with Gasteiger partial charge in [0.15, 0.2) is 5.96 Å². The normalized spacial score (nSPS) is 21.4. The molecule has 0 unspecified atom stereocenters. The lowest BCUT2D eigenvalue weighted by Gasteiger charge is -2.35. The van der Waals surface area contributed by atoms with Gasteiger partial charge in [0.25, 0.3) is 0 Å². The summed E-state index contributed by atoms with van der Waals surface area (Å²) < 4.78 is 11.5. The van der Waals surface area contributed by atoms with Crippen LogP contribution in [0, 0.1) is 0 Å². The number of likely N-dealkylation sites (tertiary alicyclic amines) is 1. The van der Waals surface area contributed by atoms with Crippen molar-refractivity contribution >= 4 is 41.7 Å². The Morgan fingerprint density at radius 2 is 1.96 bits per heavy atom. The quantitative estimate of drug-likeness (QED) is 0.273. The maximum absolute atomic E-state index is 5.68. The molecule has 6 nitrogen and oxygen atoms in total. The first-order valence-corrected chi connectivity index (χ1v) is 11.8. The highest BCUT2D eigenvalue weighted by Crippen LogP contribution is 2.34. The van der Waals surface area contributed by atoms with Crippen molar-refractivity contribution in [1.29, 1.82) is 0 Å². The fourth-order valence-corrected chi connectivity index (χ4v) is 4.39. The molecule has 2 aliphatic heterocycles. The molecule has 0 aromatic carbocycles. The Balaban J connectivity index is 0.00000392. The molecule has 166 valence electrons. The largest absolute Gasteiger partial charge is 0.381 e. The molecule has 0 aromatic rings. The third-order valence-electron chi connectivity index (χ3n) is 5.49. The van der Waals surface area contributed by atoms with E-state index < -0.39 is 0 Å². The molecule has 0 atom stereocenters. The summed E-state index contributed by atoms with van der Waals surface area (Å²) in [6, 6.07) is 0.505. The van der Waals surface area contributed by atoms with Crippen LogP contribution in [0.3, 0.4) is 0 Å². The highest BCUT2D eigenvalue weighted by atomic mass is 127. The van der Waals surface area contributed by atoms with Crippen LogP contribution >= 0.6 is 35.7 Å². The van der Waals surface area contributed by atoms with Crippen LogP contribution in [0.2, 0.25) is 0 Å². The summed E-state index contributed by atoms with van der Waals surface area (Å²) in [6.07, 6.45) is 7.03. The van der Waals surface area contributed by atoms with E-state index in [-0.39, 0.29) is 28.7 Å². The molecular formula is C20H41IN4O2S. The van der Waals surface area contributed by atoms with Crippen molar-refractivity contribution in [1.82, 2.24) is 15.5 Å². The lowest BCUT2D eigenvalue weighted by molar-refractivity contribution is 0.0532. The summed E-state index contributed by atoms with van der Waals surface area (Å²) in [5, 5.41) is 7.11. The molecule has 0 amide bonds. The average molecular weight is 529 g/mol. The van der Waals surface area contributed by atoms with Crippen molar-refractivity contribution in [2.24, 2.45) is 4.99 Å². The van der Waals surface area contributed by atoms with E-state index in [2.05, 4.69) is 42.6 Å². The third-order valence-corrected chi connectivity index (χ3v) is 6.90. The van der Waals surface area contributed by atoms with E-state index in [4.69, 9.17) is 14.5 Å². The van der Waals surface area contributed by atoms with Crippen molar-refractivity contribution in [2.75, 3.05) is 58.8 Å². The van der Waals surface area contributed by atoms with Gasteiger partial charge in [-0.2, -0.15) is 11.8 Å². The Morgan fingerprint density at radius 1 is 1.29 bits per heavy atom. The predicted octanol–water partition coefficient (Wildman–Crippen LogP) is 2.96. The van der Waals surface area contributed by atoms with Gasteiger partial charge in [0.2, 0.25) is 0 Å². The van der Waals surface area contributed by atoms with Gasteiger partial charge in [0.05, 0.1) is 19.3 Å². The number of halogens is 1. The van der Waals surface area contributed by atoms with Crippen LogP contribution in [-0.4, -0.2) is 86.6 Å². The van der Waals surface area contributed by atoms with E-state index in [1.165, 1.54) is 0 Å². The number of piperidine rings is 1. The Morgan fingerprint density at radius 3 is 2.54 bits per heavy atom. The lowest BCUT2D eigenvalue weighted by Crippen LogP contribution is -2.49. The van der Waals surface area contributed by atoms with Gasteiger partial charge in [0.1, 0.15) is 0 Å². The van der Waals surface area contributed by atoms with Gasteiger partial charge in [-0.15, -0.1) is 24.0 Å². The van der Waals surface area contributed by atoms with E-state index in [0.29, 0.717) is 12.1 Å². The summed E-state index contributed by atoms with van der Waals surface area (Å²) in [7, 11) is 0. The smallest absolute Gasteiger partial charge is 0.191 e. The second-order valence-electron chi connectivity index (χ2n) is 7.87. The molecule has 2 saturated heterocycles. The number of aliphatic imine (C=N–C) groups is 1. The van der Waals surface area contributed by atoms with Crippen molar-refractivity contribution < 1.29 is 9.47 Å². The third kappa shape index (κ3) is 9.36. The van der Waals surface area contributed by atoms with Crippen LogP contribution in [0.15, 0.2) is 4.99 Å². The monoisotopic (exact) mass is 528 g/mol. The van der Waals surface area contributed by atoms with E-state index in [9.17, 15) is 0 Å². The van der Waals surface area contributed by atoms with Crippen LogP contribution < -0.4 is 10.6 Å². The molecule has 28 heavy (non-hydrogen) atoms. The molecular weight excluding hydrogens is 487 g/mol. The molecule has 0 radical (unpaired) electrons. The van der Waals surface area contributed by atoms with Gasteiger partial charge < -0.3 is 25.0 Å². The first-order chi connectivity index (χ1) is 13.1. The molecule has 8 heteroatoms. The molecule has 2 rings (SSSR count). The van der Waals surface area contributed by atoms with Gasteiger partial charge in [0, 0.05) is 50.2 Å². The minimum Gasteiger partial charge on any atom is -0.381 e. The number of thioether (sulfide) groups is 1. The molecule has 0 spiro atoms. The zero-order chi connectivity index (χ0) is 19.5. The van der Waals surface area contributed by atoms with Crippen molar-refractivity contribution in [3.05, 3.63) is 0 Å². The molecule has 2 heterocycles. The zero-order valence-corrected chi connectivity index (χ0v) is 21.3. The summed E-state index contributed by atoms with van der Waals surface area (Å²) in [5.74, 6) is 0.971. The number of nitrogens with zero attached hydrogens (tertiary/aromatic N) is 2. The van der Waals surface area contributed by atoms with Gasteiger partial charge in [-0.3, -0.25) is 4.99 Å². The lowest BCUT2D eigenvalue weighted by atomic mass is 9.99. The number of hydrogen-bond acceptors (Lipinski definition) is 5. The molecule has 0 saturated carbocycles.